The molecule has 0 aliphatic rings. The number of aryl methyl sites for hydroxylation is 1. The number of hydrogen-bond acceptors (Lipinski definition) is 4. The first-order valence-electron chi connectivity index (χ1n) is 7.31. The monoisotopic (exact) mass is 303 g/mol. The second-order valence-corrected chi connectivity index (χ2v) is 5.21. The minimum absolute atomic E-state index is 0.00424. The molecule has 2 aromatic rings. The Balaban J connectivity index is 1.93. The highest BCUT2D eigenvalue weighted by Gasteiger charge is 2.14. The van der Waals surface area contributed by atoms with Gasteiger partial charge in [0.1, 0.15) is 17.3 Å². The summed E-state index contributed by atoms with van der Waals surface area (Å²) in [6, 6.07) is 4.49. The van der Waals surface area contributed by atoms with Crippen molar-refractivity contribution < 1.29 is 15.0 Å². The van der Waals surface area contributed by atoms with E-state index in [9.17, 15) is 15.0 Å². The fraction of sp³-hybridized carbons (Fsp3) is 0.375. The molecule has 0 aliphatic carbocycles. The van der Waals surface area contributed by atoms with Gasteiger partial charge in [0.15, 0.2) is 0 Å². The quantitative estimate of drug-likeness (QED) is 0.763. The molecule has 6 heteroatoms. The lowest BCUT2D eigenvalue weighted by molar-refractivity contribution is -0.121. The summed E-state index contributed by atoms with van der Waals surface area (Å²) in [6.07, 6.45) is 4.71. The van der Waals surface area contributed by atoms with Gasteiger partial charge in [-0.15, -0.1) is 0 Å². The zero-order valence-electron chi connectivity index (χ0n) is 12.8. The number of aromatic nitrogens is 2. The molecule has 0 radical (unpaired) electrons. The predicted molar refractivity (Wildman–Crippen MR) is 82.6 cm³/mol. The standard InChI is InChI=1S/C16H21N3O3/c1-3-15-17-7-8-19(15)11(2)9-16(22)18-10-12-13(20)5-4-6-14(12)21/h4-8,11,20-21H,3,9-10H2,1-2H3,(H,18,22). The molecule has 1 aromatic carbocycles. The lowest BCUT2D eigenvalue weighted by atomic mass is 10.1. The number of phenols is 2. The van der Waals surface area contributed by atoms with Crippen molar-refractivity contribution >= 4 is 5.91 Å². The molecule has 6 nitrogen and oxygen atoms in total. The summed E-state index contributed by atoms with van der Waals surface area (Å²) in [5.74, 6) is 0.733. The van der Waals surface area contributed by atoms with E-state index in [1.807, 2.05) is 24.6 Å². The molecule has 1 unspecified atom stereocenters. The molecule has 0 fully saturated rings. The molecule has 1 heterocycles. The Labute approximate surface area is 129 Å². The van der Waals surface area contributed by atoms with Crippen LogP contribution in [0.25, 0.3) is 0 Å². The Kier molecular flexibility index (Phi) is 5.04. The van der Waals surface area contributed by atoms with Crippen molar-refractivity contribution in [3.8, 4) is 11.5 Å². The topological polar surface area (TPSA) is 87.4 Å². The van der Waals surface area contributed by atoms with Gasteiger partial charge in [-0.1, -0.05) is 13.0 Å². The van der Waals surface area contributed by atoms with Crippen molar-refractivity contribution in [2.45, 2.75) is 39.3 Å². The lowest BCUT2D eigenvalue weighted by Crippen LogP contribution is -2.25. The Hall–Kier alpha value is -2.50. The van der Waals surface area contributed by atoms with E-state index in [1.165, 1.54) is 12.1 Å². The molecule has 1 atom stereocenters. The third-order valence-electron chi connectivity index (χ3n) is 3.61. The van der Waals surface area contributed by atoms with Crippen LogP contribution in [-0.4, -0.2) is 25.7 Å². The van der Waals surface area contributed by atoms with Crippen LogP contribution in [-0.2, 0) is 17.8 Å². The highest BCUT2D eigenvalue weighted by molar-refractivity contribution is 5.76. The first-order valence-corrected chi connectivity index (χ1v) is 7.31. The van der Waals surface area contributed by atoms with Crippen LogP contribution in [0, 0.1) is 0 Å². The minimum atomic E-state index is -0.147. The summed E-state index contributed by atoms with van der Waals surface area (Å²) in [5, 5.41) is 22.1. The van der Waals surface area contributed by atoms with E-state index < -0.39 is 0 Å². The second kappa shape index (κ2) is 6.98. The number of nitrogens with zero attached hydrogens (tertiary/aromatic N) is 2. The van der Waals surface area contributed by atoms with Crippen LogP contribution < -0.4 is 5.32 Å². The zero-order chi connectivity index (χ0) is 16.1. The Morgan fingerprint density at radius 2 is 2.05 bits per heavy atom. The summed E-state index contributed by atoms with van der Waals surface area (Å²) in [7, 11) is 0. The first-order chi connectivity index (χ1) is 10.5. The van der Waals surface area contributed by atoms with Crippen LogP contribution in [0.1, 0.15) is 37.7 Å². The van der Waals surface area contributed by atoms with E-state index in [0.29, 0.717) is 12.0 Å². The molecule has 3 N–H and O–H groups in total. The average Bonchev–Trinajstić information content (AvgIpc) is 2.95. The summed E-state index contributed by atoms with van der Waals surface area (Å²) < 4.78 is 1.98. The van der Waals surface area contributed by atoms with Gasteiger partial charge in [0.05, 0.1) is 12.1 Å². The summed E-state index contributed by atoms with van der Waals surface area (Å²) in [4.78, 5) is 16.3. The number of hydrogen-bond donors (Lipinski definition) is 3. The third-order valence-corrected chi connectivity index (χ3v) is 3.61. The SMILES string of the molecule is CCc1nccn1C(C)CC(=O)NCc1c(O)cccc1O. The molecule has 22 heavy (non-hydrogen) atoms. The fourth-order valence-electron chi connectivity index (χ4n) is 2.39. The van der Waals surface area contributed by atoms with Gasteiger partial charge < -0.3 is 20.1 Å². The highest BCUT2D eigenvalue weighted by Crippen LogP contribution is 2.25. The molecule has 0 saturated carbocycles. The summed E-state index contributed by atoms with van der Waals surface area (Å²) in [6.45, 7) is 4.07. The van der Waals surface area contributed by atoms with Gasteiger partial charge in [0, 0.05) is 31.3 Å². The van der Waals surface area contributed by atoms with Crippen molar-refractivity contribution in [1.82, 2.24) is 14.9 Å². The predicted octanol–water partition coefficient (Wildman–Crippen LogP) is 2.12. The maximum Gasteiger partial charge on any atom is 0.222 e. The summed E-state index contributed by atoms with van der Waals surface area (Å²) >= 11 is 0. The number of benzene rings is 1. The number of phenolic OH excluding ortho intramolecular Hbond substituents is 2. The van der Waals surface area contributed by atoms with E-state index in [1.54, 1.807) is 12.3 Å². The van der Waals surface area contributed by atoms with E-state index in [0.717, 1.165) is 12.2 Å². The third kappa shape index (κ3) is 3.58. The average molecular weight is 303 g/mol. The maximum atomic E-state index is 12.0. The van der Waals surface area contributed by atoms with Gasteiger partial charge >= 0.3 is 0 Å². The Morgan fingerprint density at radius 3 is 2.68 bits per heavy atom. The number of aromatic hydroxyl groups is 2. The first kappa shape index (κ1) is 15.9. The smallest absolute Gasteiger partial charge is 0.222 e. The normalized spacial score (nSPS) is 12.1. The molecule has 0 bridgehead atoms. The van der Waals surface area contributed by atoms with E-state index in [4.69, 9.17) is 0 Å². The fourth-order valence-corrected chi connectivity index (χ4v) is 2.39. The Morgan fingerprint density at radius 1 is 1.36 bits per heavy atom. The van der Waals surface area contributed by atoms with Crippen LogP contribution in [0.3, 0.4) is 0 Å². The molecular formula is C16H21N3O3. The van der Waals surface area contributed by atoms with Gasteiger partial charge in [-0.05, 0) is 19.1 Å². The minimum Gasteiger partial charge on any atom is -0.507 e. The molecule has 118 valence electrons. The molecule has 2 rings (SSSR count). The van der Waals surface area contributed by atoms with Gasteiger partial charge in [0.25, 0.3) is 0 Å². The summed E-state index contributed by atoms with van der Waals surface area (Å²) in [5.41, 5.74) is 0.320. The van der Waals surface area contributed by atoms with Crippen molar-refractivity contribution in [2.24, 2.45) is 0 Å². The van der Waals surface area contributed by atoms with Crippen LogP contribution >= 0.6 is 0 Å². The number of amides is 1. The molecule has 0 spiro atoms. The zero-order valence-corrected chi connectivity index (χ0v) is 12.8. The van der Waals surface area contributed by atoms with Crippen LogP contribution in [0.5, 0.6) is 11.5 Å². The molecule has 0 saturated heterocycles. The number of rotatable bonds is 6. The van der Waals surface area contributed by atoms with Gasteiger partial charge in [0.2, 0.25) is 5.91 Å². The van der Waals surface area contributed by atoms with Crippen molar-refractivity contribution in [3.05, 3.63) is 42.0 Å². The lowest BCUT2D eigenvalue weighted by Gasteiger charge is -2.16. The van der Waals surface area contributed by atoms with E-state index >= 15 is 0 Å². The number of nitrogens with one attached hydrogen (secondary N) is 1. The number of imidazole rings is 1. The number of carbonyl (C=O) groups is 1. The largest absolute Gasteiger partial charge is 0.507 e. The van der Waals surface area contributed by atoms with E-state index in [-0.39, 0.29) is 30.0 Å². The van der Waals surface area contributed by atoms with Gasteiger partial charge in [-0.3, -0.25) is 4.79 Å². The van der Waals surface area contributed by atoms with Crippen molar-refractivity contribution in [3.63, 3.8) is 0 Å². The van der Waals surface area contributed by atoms with Crippen molar-refractivity contribution in [2.75, 3.05) is 0 Å². The highest BCUT2D eigenvalue weighted by atomic mass is 16.3. The molecule has 1 amide bonds. The van der Waals surface area contributed by atoms with E-state index in [2.05, 4.69) is 10.3 Å². The molecule has 0 aliphatic heterocycles. The van der Waals surface area contributed by atoms with Gasteiger partial charge in [-0.2, -0.15) is 0 Å². The van der Waals surface area contributed by atoms with Crippen molar-refractivity contribution in [1.29, 1.82) is 0 Å². The second-order valence-electron chi connectivity index (χ2n) is 5.21. The maximum absolute atomic E-state index is 12.0. The molecular weight excluding hydrogens is 282 g/mol. The number of carbonyl (C=O) groups excluding carboxylic acids is 1. The van der Waals surface area contributed by atoms with Crippen LogP contribution in [0.4, 0.5) is 0 Å². The Bertz CT molecular complexity index is 632. The van der Waals surface area contributed by atoms with Crippen LogP contribution in [0.2, 0.25) is 0 Å². The van der Waals surface area contributed by atoms with Gasteiger partial charge in [-0.25, -0.2) is 4.98 Å². The van der Waals surface area contributed by atoms with Crippen LogP contribution in [0.15, 0.2) is 30.6 Å². The molecule has 1 aromatic heterocycles.